The van der Waals surface area contributed by atoms with Crippen LogP contribution in [0.15, 0.2) is 24.3 Å². The van der Waals surface area contributed by atoms with E-state index in [0.29, 0.717) is 13.2 Å². The highest BCUT2D eigenvalue weighted by Gasteiger charge is 2.39. The smallest absolute Gasteiger partial charge is 0.416 e. The zero-order valence-corrected chi connectivity index (χ0v) is 14.1. The van der Waals surface area contributed by atoms with Gasteiger partial charge in [-0.05, 0) is 33.5 Å². The summed E-state index contributed by atoms with van der Waals surface area (Å²) in [5, 5.41) is 0. The van der Waals surface area contributed by atoms with E-state index in [1.807, 2.05) is 20.4 Å². The molecular formula is C12H26O3Si2. The Morgan fingerprint density at radius 2 is 1.24 bits per heavy atom. The fourth-order valence-electron chi connectivity index (χ4n) is 1.17. The average molecular weight is 275 g/mol. The second-order valence-corrected chi connectivity index (χ2v) is 12.9. The minimum Gasteiger partial charge on any atom is -0.416 e. The van der Waals surface area contributed by atoms with Crippen molar-refractivity contribution in [1.29, 1.82) is 0 Å². The number of hydrogen-bond acceptors (Lipinski definition) is 3. The predicted octanol–water partition coefficient (Wildman–Crippen LogP) is 3.59. The van der Waals surface area contributed by atoms with Gasteiger partial charge in [0, 0.05) is 6.55 Å². The van der Waals surface area contributed by atoms with Crippen LogP contribution in [0.2, 0.25) is 26.2 Å². The predicted molar refractivity (Wildman–Crippen MR) is 77.6 cm³/mol. The first-order valence-electron chi connectivity index (χ1n) is 5.81. The molecule has 5 heteroatoms. The molecule has 0 amide bonds. The molecule has 0 fully saturated rings. The highest BCUT2D eigenvalue weighted by atomic mass is 28.5. The third-order valence-corrected chi connectivity index (χ3v) is 6.92. The van der Waals surface area contributed by atoms with Crippen LogP contribution in [0.4, 0.5) is 0 Å². The molecule has 0 unspecified atom stereocenters. The molecule has 17 heavy (non-hydrogen) atoms. The van der Waals surface area contributed by atoms with E-state index in [-0.39, 0.29) is 0 Å². The molecule has 0 N–H and O–H groups in total. The molecule has 0 aromatic heterocycles. The van der Waals surface area contributed by atoms with Gasteiger partial charge in [0.2, 0.25) is 0 Å². The Labute approximate surface area is 108 Å². The fourth-order valence-corrected chi connectivity index (χ4v) is 7.19. The molecule has 0 aliphatic rings. The van der Waals surface area contributed by atoms with E-state index in [2.05, 4.69) is 32.8 Å². The molecule has 0 aromatic rings. The monoisotopic (exact) mass is 274 g/mol. The molecular weight excluding hydrogens is 248 g/mol. The van der Waals surface area contributed by atoms with Crippen LogP contribution >= 0.6 is 0 Å². The number of hydrogen-bond donors (Lipinski definition) is 0. The van der Waals surface area contributed by atoms with Crippen molar-refractivity contribution >= 4 is 17.1 Å². The molecule has 0 aromatic carbocycles. The van der Waals surface area contributed by atoms with Gasteiger partial charge in [-0.15, -0.1) is 0 Å². The van der Waals surface area contributed by atoms with E-state index in [0.717, 1.165) is 11.1 Å². The maximum Gasteiger partial charge on any atom is 0.487 e. The van der Waals surface area contributed by atoms with Crippen molar-refractivity contribution in [2.75, 3.05) is 13.2 Å². The molecule has 0 radical (unpaired) electrons. The molecule has 0 rings (SSSR count). The van der Waals surface area contributed by atoms with Gasteiger partial charge in [0.1, 0.15) is 0 Å². The first-order chi connectivity index (χ1) is 7.54. The van der Waals surface area contributed by atoms with Crippen LogP contribution in [-0.4, -0.2) is 30.3 Å². The van der Waals surface area contributed by atoms with Crippen molar-refractivity contribution in [2.45, 2.75) is 40.0 Å². The molecule has 0 aliphatic carbocycles. The van der Waals surface area contributed by atoms with Crippen LogP contribution in [0, 0.1) is 0 Å². The summed E-state index contributed by atoms with van der Waals surface area (Å²) in [4.78, 5) is 0. The van der Waals surface area contributed by atoms with E-state index in [1.165, 1.54) is 0 Å². The van der Waals surface area contributed by atoms with E-state index in [9.17, 15) is 0 Å². The molecule has 100 valence electrons. The number of rotatable bonds is 8. The van der Waals surface area contributed by atoms with Crippen molar-refractivity contribution in [1.82, 2.24) is 0 Å². The molecule has 0 spiro atoms. The van der Waals surface area contributed by atoms with E-state index in [4.69, 9.17) is 13.0 Å². The molecule has 0 saturated heterocycles. The zero-order valence-electron chi connectivity index (χ0n) is 12.1. The highest BCUT2D eigenvalue weighted by Crippen LogP contribution is 2.18. The minimum absolute atomic E-state index is 0.489. The summed E-state index contributed by atoms with van der Waals surface area (Å²) in [5.41, 5.74) is 1.95. The van der Waals surface area contributed by atoms with E-state index < -0.39 is 17.1 Å². The van der Waals surface area contributed by atoms with Crippen LogP contribution in [-0.2, 0) is 13.0 Å². The lowest BCUT2D eigenvalue weighted by Gasteiger charge is -2.32. The third kappa shape index (κ3) is 9.49. The van der Waals surface area contributed by atoms with Crippen molar-refractivity contribution in [3.63, 3.8) is 0 Å². The van der Waals surface area contributed by atoms with E-state index in [1.54, 1.807) is 0 Å². The lowest BCUT2D eigenvalue weighted by Crippen LogP contribution is -2.50. The maximum absolute atomic E-state index is 6.08. The van der Waals surface area contributed by atoms with Gasteiger partial charge < -0.3 is 13.0 Å². The van der Waals surface area contributed by atoms with Gasteiger partial charge >= 0.3 is 8.80 Å². The Bertz CT molecular complexity index is 264. The molecule has 0 heterocycles. The summed E-state index contributed by atoms with van der Waals surface area (Å²) in [7, 11) is -4.25. The molecule has 0 saturated carbocycles. The quantitative estimate of drug-likeness (QED) is 0.500. The first kappa shape index (κ1) is 16.8. The van der Waals surface area contributed by atoms with Gasteiger partial charge in [-0.3, -0.25) is 0 Å². The second kappa shape index (κ2) is 6.65. The Morgan fingerprint density at radius 1 is 0.882 bits per heavy atom. The zero-order chi connectivity index (χ0) is 13.7. The third-order valence-electron chi connectivity index (χ3n) is 1.65. The van der Waals surface area contributed by atoms with Crippen LogP contribution in [0.5, 0.6) is 0 Å². The molecule has 0 aliphatic heterocycles. The average Bonchev–Trinajstić information content (AvgIpc) is 2.09. The molecule has 0 atom stereocenters. The van der Waals surface area contributed by atoms with Crippen LogP contribution in [0.25, 0.3) is 0 Å². The van der Waals surface area contributed by atoms with Gasteiger partial charge in [0.25, 0.3) is 0 Å². The molecule has 0 bridgehead atoms. The summed E-state index contributed by atoms with van der Waals surface area (Å²) >= 11 is 0. The Hall–Kier alpha value is -0.206. The van der Waals surface area contributed by atoms with Gasteiger partial charge in [-0.1, -0.05) is 24.3 Å². The summed E-state index contributed by atoms with van der Waals surface area (Å²) in [5.74, 6) is 0. The van der Waals surface area contributed by atoms with Gasteiger partial charge in [-0.2, -0.15) is 0 Å². The Kier molecular flexibility index (Phi) is 6.57. The van der Waals surface area contributed by atoms with Crippen molar-refractivity contribution in [3.8, 4) is 0 Å². The summed E-state index contributed by atoms with van der Waals surface area (Å²) in [6.45, 7) is 20.8. The highest BCUT2D eigenvalue weighted by molar-refractivity contribution is 6.79. The first-order valence-corrected chi connectivity index (χ1v) is 11.4. The lowest BCUT2D eigenvalue weighted by molar-refractivity contribution is 0.129. The lowest BCUT2D eigenvalue weighted by atomic mass is 10.4. The molecule has 3 nitrogen and oxygen atoms in total. The van der Waals surface area contributed by atoms with E-state index >= 15 is 0 Å². The van der Waals surface area contributed by atoms with Crippen LogP contribution in [0.3, 0.4) is 0 Å². The van der Waals surface area contributed by atoms with Crippen LogP contribution < -0.4 is 0 Å². The maximum atomic E-state index is 6.08. The van der Waals surface area contributed by atoms with Crippen LogP contribution in [0.1, 0.15) is 13.8 Å². The van der Waals surface area contributed by atoms with Gasteiger partial charge in [0.05, 0.1) is 13.2 Å². The standard InChI is InChI=1S/C12H26O3Si2/c1-11(2)9-13-17(8,14-10-12(3)4)15-16(5,6)7/h1,3,9-10H2,2,4-8H3. The SMILES string of the molecule is C=C(C)CO[Si](C)(OCC(=C)C)O[Si](C)(C)C. The van der Waals surface area contributed by atoms with Gasteiger partial charge in [-0.25, -0.2) is 0 Å². The largest absolute Gasteiger partial charge is 0.487 e. The second-order valence-electron chi connectivity index (χ2n) is 5.57. The van der Waals surface area contributed by atoms with Crippen molar-refractivity contribution in [2.24, 2.45) is 0 Å². The normalized spacial score (nSPS) is 12.6. The Balaban J connectivity index is 4.55. The fraction of sp³-hybridized carbons (Fsp3) is 0.667. The van der Waals surface area contributed by atoms with Crippen molar-refractivity contribution in [3.05, 3.63) is 24.3 Å². The van der Waals surface area contributed by atoms with Crippen molar-refractivity contribution < 1.29 is 13.0 Å². The summed E-state index contributed by atoms with van der Waals surface area (Å²) < 4.78 is 17.7. The topological polar surface area (TPSA) is 27.7 Å². The summed E-state index contributed by atoms with van der Waals surface area (Å²) in [6.07, 6.45) is 0. The summed E-state index contributed by atoms with van der Waals surface area (Å²) in [6, 6.07) is 0. The Morgan fingerprint density at radius 3 is 1.47 bits per heavy atom. The minimum atomic E-state index is -2.57. The van der Waals surface area contributed by atoms with Gasteiger partial charge in [0.15, 0.2) is 8.32 Å².